The lowest BCUT2D eigenvalue weighted by molar-refractivity contribution is -0.0109. The summed E-state index contributed by atoms with van der Waals surface area (Å²) in [5.41, 5.74) is 0. The maximum atomic E-state index is 11.4. The minimum absolute atomic E-state index is 0.0233. The van der Waals surface area contributed by atoms with Crippen LogP contribution in [0.2, 0.25) is 0 Å². The number of carbonyl (C=O) groups excluding carboxylic acids is 1. The molecule has 0 spiro atoms. The molecule has 1 aliphatic rings. The molecule has 13 heavy (non-hydrogen) atoms. The zero-order valence-corrected chi connectivity index (χ0v) is 8.08. The molecule has 0 aromatic carbocycles. The van der Waals surface area contributed by atoms with Gasteiger partial charge in [-0.05, 0) is 6.92 Å². The van der Waals surface area contributed by atoms with Crippen molar-refractivity contribution in [3.05, 3.63) is 0 Å². The molecule has 1 unspecified atom stereocenters. The summed E-state index contributed by atoms with van der Waals surface area (Å²) in [6.07, 6.45) is -0.296. The molecular weight excluding hydrogens is 172 g/mol. The van der Waals surface area contributed by atoms with Gasteiger partial charge in [-0.2, -0.15) is 0 Å². The molecule has 0 aliphatic carbocycles. The van der Waals surface area contributed by atoms with Gasteiger partial charge in [0.15, 0.2) is 6.79 Å². The van der Waals surface area contributed by atoms with E-state index in [1.165, 1.54) is 7.11 Å². The molecular formula is C8H16N2O3. The summed E-state index contributed by atoms with van der Waals surface area (Å²) in [5, 5.41) is 3.19. The first-order valence-electron chi connectivity index (χ1n) is 4.38. The Labute approximate surface area is 78.0 Å². The lowest BCUT2D eigenvalue weighted by Crippen LogP contribution is -2.52. The first-order chi connectivity index (χ1) is 6.25. The number of nitrogens with zero attached hydrogens (tertiary/aromatic N) is 1. The van der Waals surface area contributed by atoms with Gasteiger partial charge in [0.2, 0.25) is 0 Å². The van der Waals surface area contributed by atoms with Crippen LogP contribution in [-0.4, -0.2) is 50.6 Å². The van der Waals surface area contributed by atoms with Gasteiger partial charge in [0.1, 0.15) is 0 Å². The average Bonchev–Trinajstić information content (AvgIpc) is 2.15. The van der Waals surface area contributed by atoms with Crippen LogP contribution in [0.25, 0.3) is 0 Å². The van der Waals surface area contributed by atoms with Crippen LogP contribution in [0.3, 0.4) is 0 Å². The molecule has 1 rings (SSSR count). The van der Waals surface area contributed by atoms with Gasteiger partial charge in [0.05, 0.1) is 0 Å². The zero-order chi connectivity index (χ0) is 9.68. The Bertz CT molecular complexity index is 175. The van der Waals surface area contributed by atoms with Crippen LogP contribution >= 0.6 is 0 Å². The van der Waals surface area contributed by atoms with E-state index in [-0.39, 0.29) is 18.9 Å². The Morgan fingerprint density at radius 1 is 1.69 bits per heavy atom. The standard InChI is InChI=1S/C8H16N2O3/c1-7-5-9-3-4-10(7)8(11)13-6-12-2/h7,9H,3-6H2,1-2H3. The molecule has 1 saturated heterocycles. The Balaban J connectivity index is 2.35. The van der Waals surface area contributed by atoms with Crippen molar-refractivity contribution in [3.63, 3.8) is 0 Å². The maximum absolute atomic E-state index is 11.4. The second-order valence-electron chi connectivity index (χ2n) is 3.06. The summed E-state index contributed by atoms with van der Waals surface area (Å²) in [7, 11) is 1.49. The highest BCUT2D eigenvalue weighted by Gasteiger charge is 2.23. The molecule has 0 saturated carbocycles. The van der Waals surface area contributed by atoms with Crippen molar-refractivity contribution in [1.29, 1.82) is 0 Å². The van der Waals surface area contributed by atoms with Crippen molar-refractivity contribution in [2.24, 2.45) is 0 Å². The zero-order valence-electron chi connectivity index (χ0n) is 8.08. The van der Waals surface area contributed by atoms with E-state index in [0.29, 0.717) is 6.54 Å². The highest BCUT2D eigenvalue weighted by atomic mass is 16.7. The predicted molar refractivity (Wildman–Crippen MR) is 47.4 cm³/mol. The number of hydrogen-bond donors (Lipinski definition) is 1. The van der Waals surface area contributed by atoms with Crippen molar-refractivity contribution in [1.82, 2.24) is 10.2 Å². The predicted octanol–water partition coefficient (Wildman–Crippen LogP) is 0.0206. The highest BCUT2D eigenvalue weighted by Crippen LogP contribution is 2.04. The number of ether oxygens (including phenoxy) is 2. The van der Waals surface area contributed by atoms with Gasteiger partial charge in [-0.15, -0.1) is 0 Å². The number of rotatable bonds is 2. The van der Waals surface area contributed by atoms with Gasteiger partial charge < -0.3 is 19.7 Å². The van der Waals surface area contributed by atoms with Crippen molar-refractivity contribution < 1.29 is 14.3 Å². The van der Waals surface area contributed by atoms with E-state index >= 15 is 0 Å². The summed E-state index contributed by atoms with van der Waals surface area (Å²) >= 11 is 0. The minimum atomic E-state index is -0.296. The number of amides is 1. The number of carbonyl (C=O) groups is 1. The van der Waals surface area contributed by atoms with Crippen molar-refractivity contribution in [2.45, 2.75) is 13.0 Å². The third-order valence-electron chi connectivity index (χ3n) is 2.04. The lowest BCUT2D eigenvalue weighted by atomic mass is 10.2. The third kappa shape index (κ3) is 2.86. The largest absolute Gasteiger partial charge is 0.422 e. The third-order valence-corrected chi connectivity index (χ3v) is 2.04. The fourth-order valence-electron chi connectivity index (χ4n) is 1.30. The van der Waals surface area contributed by atoms with E-state index in [1.807, 2.05) is 6.92 Å². The SMILES string of the molecule is COCOC(=O)N1CCNCC1C. The monoisotopic (exact) mass is 188 g/mol. The fourth-order valence-corrected chi connectivity index (χ4v) is 1.30. The number of piperazine rings is 1. The molecule has 1 N–H and O–H groups in total. The topological polar surface area (TPSA) is 50.8 Å². The first-order valence-corrected chi connectivity index (χ1v) is 4.38. The van der Waals surface area contributed by atoms with Crippen LogP contribution in [0, 0.1) is 0 Å². The molecule has 1 heterocycles. The van der Waals surface area contributed by atoms with E-state index in [9.17, 15) is 4.79 Å². The summed E-state index contributed by atoms with van der Waals surface area (Å²) in [4.78, 5) is 13.1. The quantitative estimate of drug-likeness (QED) is 0.621. The van der Waals surface area contributed by atoms with E-state index < -0.39 is 0 Å². The van der Waals surface area contributed by atoms with E-state index in [0.717, 1.165) is 13.1 Å². The Morgan fingerprint density at radius 2 is 2.46 bits per heavy atom. The average molecular weight is 188 g/mol. The molecule has 1 atom stereocenters. The van der Waals surface area contributed by atoms with Gasteiger partial charge in [-0.25, -0.2) is 4.79 Å². The number of methoxy groups -OCH3 is 1. The first kappa shape index (κ1) is 10.3. The molecule has 1 fully saturated rings. The van der Waals surface area contributed by atoms with Crippen LogP contribution in [0.5, 0.6) is 0 Å². The highest BCUT2D eigenvalue weighted by molar-refractivity contribution is 5.68. The van der Waals surface area contributed by atoms with Crippen molar-refractivity contribution in [2.75, 3.05) is 33.5 Å². The van der Waals surface area contributed by atoms with Gasteiger partial charge in [-0.3, -0.25) is 0 Å². The Kier molecular flexibility index (Phi) is 3.98. The summed E-state index contributed by atoms with van der Waals surface area (Å²) in [6.45, 7) is 4.36. The Morgan fingerprint density at radius 3 is 3.08 bits per heavy atom. The van der Waals surface area contributed by atoms with E-state index in [2.05, 4.69) is 10.1 Å². The smallest absolute Gasteiger partial charge is 0.412 e. The molecule has 5 nitrogen and oxygen atoms in total. The maximum Gasteiger partial charge on any atom is 0.412 e. The fraction of sp³-hybridized carbons (Fsp3) is 0.875. The molecule has 0 bridgehead atoms. The molecule has 0 radical (unpaired) electrons. The molecule has 76 valence electrons. The summed E-state index contributed by atoms with van der Waals surface area (Å²) in [6, 6.07) is 0.193. The lowest BCUT2D eigenvalue weighted by Gasteiger charge is -2.32. The van der Waals surface area contributed by atoms with Crippen LogP contribution in [-0.2, 0) is 9.47 Å². The van der Waals surface area contributed by atoms with Gasteiger partial charge in [-0.1, -0.05) is 0 Å². The molecule has 0 aromatic heterocycles. The summed E-state index contributed by atoms with van der Waals surface area (Å²) in [5.74, 6) is 0. The van der Waals surface area contributed by atoms with E-state index in [4.69, 9.17) is 4.74 Å². The minimum Gasteiger partial charge on any atom is -0.422 e. The summed E-state index contributed by atoms with van der Waals surface area (Å²) < 4.78 is 9.49. The van der Waals surface area contributed by atoms with Crippen LogP contribution in [0.4, 0.5) is 4.79 Å². The van der Waals surface area contributed by atoms with Crippen LogP contribution in [0.1, 0.15) is 6.92 Å². The second kappa shape index (κ2) is 5.04. The Hall–Kier alpha value is -0.810. The molecule has 1 amide bonds. The van der Waals surface area contributed by atoms with Crippen LogP contribution in [0.15, 0.2) is 0 Å². The molecule has 0 aromatic rings. The molecule has 5 heteroatoms. The van der Waals surface area contributed by atoms with Crippen LogP contribution < -0.4 is 5.32 Å². The molecule has 1 aliphatic heterocycles. The van der Waals surface area contributed by atoms with Crippen molar-refractivity contribution in [3.8, 4) is 0 Å². The van der Waals surface area contributed by atoms with Gasteiger partial charge in [0.25, 0.3) is 0 Å². The normalized spacial score (nSPS) is 22.9. The van der Waals surface area contributed by atoms with E-state index in [1.54, 1.807) is 4.90 Å². The second-order valence-corrected chi connectivity index (χ2v) is 3.06. The van der Waals surface area contributed by atoms with Gasteiger partial charge >= 0.3 is 6.09 Å². The van der Waals surface area contributed by atoms with Gasteiger partial charge in [0, 0.05) is 32.8 Å². The number of nitrogens with one attached hydrogen (secondary N) is 1. The van der Waals surface area contributed by atoms with Crippen molar-refractivity contribution >= 4 is 6.09 Å². The number of hydrogen-bond acceptors (Lipinski definition) is 4.